The number of nitro benzene ring substituents is 1. The average Bonchev–Trinajstić information content (AvgIpc) is 3.16. The number of nitrogens with zero attached hydrogens (tertiary/aromatic N) is 2. The molecule has 3 rings (SSSR count). The molecule has 0 aliphatic rings. The summed E-state index contributed by atoms with van der Waals surface area (Å²) in [7, 11) is 0. The lowest BCUT2D eigenvalue weighted by Gasteiger charge is -2.05. The topological polar surface area (TPSA) is 85.1 Å². The van der Waals surface area contributed by atoms with Gasteiger partial charge in [0.05, 0.1) is 10.6 Å². The molecule has 27 heavy (non-hydrogen) atoms. The number of benzene rings is 2. The maximum Gasteiger partial charge on any atom is 0.269 e. The normalized spacial score (nSPS) is 10.5. The van der Waals surface area contributed by atoms with E-state index in [1.807, 2.05) is 35.7 Å². The van der Waals surface area contributed by atoms with Gasteiger partial charge in [0.25, 0.3) is 5.69 Å². The standard InChI is InChI=1S/C20H19N3O3S/c24-19(21-13-12-15-6-9-18(10-7-15)23(25)26)11-8-17-14-27-20(22-17)16-4-2-1-3-5-16/h1-7,9-10,14H,8,11-13H2,(H,21,24). The Morgan fingerprint density at radius 1 is 1.07 bits per heavy atom. The number of carbonyl (C=O) groups is 1. The van der Waals surface area contributed by atoms with E-state index in [2.05, 4.69) is 10.3 Å². The molecule has 0 saturated heterocycles. The largest absolute Gasteiger partial charge is 0.356 e. The summed E-state index contributed by atoms with van der Waals surface area (Å²) in [6, 6.07) is 16.4. The van der Waals surface area contributed by atoms with Gasteiger partial charge in [0.15, 0.2) is 0 Å². The number of aryl methyl sites for hydroxylation is 1. The fraction of sp³-hybridized carbons (Fsp3) is 0.200. The van der Waals surface area contributed by atoms with Crippen LogP contribution in [0.1, 0.15) is 17.7 Å². The minimum atomic E-state index is -0.423. The van der Waals surface area contributed by atoms with E-state index < -0.39 is 4.92 Å². The zero-order chi connectivity index (χ0) is 19.1. The van der Waals surface area contributed by atoms with Gasteiger partial charge in [-0.3, -0.25) is 14.9 Å². The predicted molar refractivity (Wildman–Crippen MR) is 106 cm³/mol. The highest BCUT2D eigenvalue weighted by Crippen LogP contribution is 2.23. The Balaban J connectivity index is 1.41. The van der Waals surface area contributed by atoms with Crippen LogP contribution in [0, 0.1) is 10.1 Å². The second kappa shape index (κ2) is 9.05. The summed E-state index contributed by atoms with van der Waals surface area (Å²) < 4.78 is 0. The number of hydrogen-bond acceptors (Lipinski definition) is 5. The molecular formula is C20H19N3O3S. The minimum Gasteiger partial charge on any atom is -0.356 e. The second-order valence-corrected chi connectivity index (χ2v) is 6.89. The number of aromatic nitrogens is 1. The van der Waals surface area contributed by atoms with E-state index in [0.717, 1.165) is 21.8 Å². The third kappa shape index (κ3) is 5.46. The van der Waals surface area contributed by atoms with Gasteiger partial charge in [-0.15, -0.1) is 11.3 Å². The number of hydrogen-bond donors (Lipinski definition) is 1. The third-order valence-electron chi connectivity index (χ3n) is 4.06. The molecule has 1 N–H and O–H groups in total. The third-order valence-corrected chi connectivity index (χ3v) is 5.00. The van der Waals surface area contributed by atoms with Crippen LogP contribution in [0.2, 0.25) is 0 Å². The Kier molecular flexibility index (Phi) is 6.27. The van der Waals surface area contributed by atoms with Crippen molar-refractivity contribution >= 4 is 22.9 Å². The van der Waals surface area contributed by atoms with Crippen LogP contribution in [0.5, 0.6) is 0 Å². The molecule has 7 heteroatoms. The van der Waals surface area contributed by atoms with Gasteiger partial charge in [0.1, 0.15) is 5.01 Å². The summed E-state index contributed by atoms with van der Waals surface area (Å²) in [5.74, 6) is -0.0221. The number of nitro groups is 1. The van der Waals surface area contributed by atoms with Crippen molar-refractivity contribution in [3.63, 3.8) is 0 Å². The molecule has 0 radical (unpaired) electrons. The van der Waals surface area contributed by atoms with Crippen molar-refractivity contribution in [2.45, 2.75) is 19.3 Å². The Bertz CT molecular complexity index is 908. The van der Waals surface area contributed by atoms with Crippen LogP contribution >= 0.6 is 11.3 Å². The first-order valence-electron chi connectivity index (χ1n) is 8.61. The first kappa shape index (κ1) is 18.7. The van der Waals surface area contributed by atoms with Gasteiger partial charge in [-0.05, 0) is 18.4 Å². The molecule has 1 amide bonds. The molecule has 0 unspecified atom stereocenters. The number of non-ortho nitro benzene ring substituents is 1. The average molecular weight is 381 g/mol. The van der Waals surface area contributed by atoms with Crippen molar-refractivity contribution in [1.29, 1.82) is 0 Å². The van der Waals surface area contributed by atoms with E-state index >= 15 is 0 Å². The summed E-state index contributed by atoms with van der Waals surface area (Å²) in [5.41, 5.74) is 3.03. The van der Waals surface area contributed by atoms with Crippen LogP contribution in [0.4, 0.5) is 5.69 Å². The summed E-state index contributed by atoms with van der Waals surface area (Å²) >= 11 is 1.58. The SMILES string of the molecule is O=C(CCc1csc(-c2ccccc2)n1)NCCc1ccc([N+](=O)[O-])cc1. The number of thiazole rings is 1. The summed E-state index contributed by atoms with van der Waals surface area (Å²) in [4.78, 5) is 26.8. The van der Waals surface area contributed by atoms with E-state index in [4.69, 9.17) is 0 Å². The lowest BCUT2D eigenvalue weighted by Crippen LogP contribution is -2.25. The lowest BCUT2D eigenvalue weighted by molar-refractivity contribution is -0.384. The van der Waals surface area contributed by atoms with Gasteiger partial charge in [-0.25, -0.2) is 4.98 Å². The van der Waals surface area contributed by atoms with E-state index in [0.29, 0.717) is 25.8 Å². The van der Waals surface area contributed by atoms with Gasteiger partial charge in [-0.1, -0.05) is 42.5 Å². The van der Waals surface area contributed by atoms with Crippen LogP contribution in [0.3, 0.4) is 0 Å². The molecule has 138 valence electrons. The Hall–Kier alpha value is -3.06. The molecule has 0 aliphatic heterocycles. The quantitative estimate of drug-likeness (QED) is 0.472. The molecule has 0 saturated carbocycles. The summed E-state index contributed by atoms with van der Waals surface area (Å²) in [6.45, 7) is 0.503. The van der Waals surface area contributed by atoms with E-state index in [9.17, 15) is 14.9 Å². The molecule has 0 fully saturated rings. The number of amides is 1. The van der Waals surface area contributed by atoms with Crippen LogP contribution in [0.15, 0.2) is 60.0 Å². The highest BCUT2D eigenvalue weighted by molar-refractivity contribution is 7.13. The van der Waals surface area contributed by atoms with E-state index in [1.54, 1.807) is 23.5 Å². The Morgan fingerprint density at radius 3 is 2.52 bits per heavy atom. The van der Waals surface area contributed by atoms with Crippen LogP contribution < -0.4 is 5.32 Å². The smallest absolute Gasteiger partial charge is 0.269 e. The minimum absolute atomic E-state index is 0.0221. The fourth-order valence-corrected chi connectivity index (χ4v) is 3.46. The number of rotatable bonds is 8. The highest BCUT2D eigenvalue weighted by Gasteiger charge is 2.08. The van der Waals surface area contributed by atoms with Crippen molar-refractivity contribution in [1.82, 2.24) is 10.3 Å². The molecule has 0 aliphatic carbocycles. The highest BCUT2D eigenvalue weighted by atomic mass is 32.1. The summed E-state index contributed by atoms with van der Waals surface area (Å²) in [5, 5.41) is 16.5. The molecule has 0 bridgehead atoms. The van der Waals surface area contributed by atoms with Crippen molar-refractivity contribution in [3.05, 3.63) is 81.3 Å². The molecule has 3 aromatic rings. The molecule has 2 aromatic carbocycles. The van der Waals surface area contributed by atoms with E-state index in [1.165, 1.54) is 12.1 Å². The number of carbonyl (C=O) groups excluding carboxylic acids is 1. The maximum atomic E-state index is 12.0. The fourth-order valence-electron chi connectivity index (χ4n) is 2.60. The lowest BCUT2D eigenvalue weighted by atomic mass is 10.1. The van der Waals surface area contributed by atoms with Crippen molar-refractivity contribution in [2.24, 2.45) is 0 Å². The molecule has 0 atom stereocenters. The van der Waals surface area contributed by atoms with Gasteiger partial charge in [0, 0.05) is 36.0 Å². The predicted octanol–water partition coefficient (Wildman–Crippen LogP) is 4.01. The summed E-state index contributed by atoms with van der Waals surface area (Å²) in [6.07, 6.45) is 1.63. The zero-order valence-corrected chi connectivity index (χ0v) is 15.4. The zero-order valence-electron chi connectivity index (χ0n) is 14.6. The van der Waals surface area contributed by atoms with Crippen LogP contribution in [-0.4, -0.2) is 22.4 Å². The molecular weight excluding hydrogens is 362 g/mol. The van der Waals surface area contributed by atoms with Gasteiger partial charge < -0.3 is 5.32 Å². The molecule has 1 aromatic heterocycles. The van der Waals surface area contributed by atoms with Crippen LogP contribution in [0.25, 0.3) is 10.6 Å². The second-order valence-electron chi connectivity index (χ2n) is 6.03. The van der Waals surface area contributed by atoms with Crippen molar-refractivity contribution < 1.29 is 9.72 Å². The molecule has 1 heterocycles. The monoisotopic (exact) mass is 381 g/mol. The molecule has 6 nitrogen and oxygen atoms in total. The van der Waals surface area contributed by atoms with Crippen molar-refractivity contribution in [2.75, 3.05) is 6.54 Å². The molecule has 0 spiro atoms. The first-order chi connectivity index (χ1) is 13.1. The Labute approximate surface area is 161 Å². The van der Waals surface area contributed by atoms with Crippen LogP contribution in [-0.2, 0) is 17.6 Å². The first-order valence-corrected chi connectivity index (χ1v) is 9.49. The Morgan fingerprint density at radius 2 is 1.81 bits per heavy atom. The maximum absolute atomic E-state index is 12.0. The van der Waals surface area contributed by atoms with Gasteiger partial charge in [0.2, 0.25) is 5.91 Å². The van der Waals surface area contributed by atoms with Crippen molar-refractivity contribution in [3.8, 4) is 10.6 Å². The van der Waals surface area contributed by atoms with Gasteiger partial charge in [-0.2, -0.15) is 0 Å². The van der Waals surface area contributed by atoms with E-state index in [-0.39, 0.29) is 11.6 Å². The van der Waals surface area contributed by atoms with Gasteiger partial charge >= 0.3 is 0 Å². The number of nitrogens with one attached hydrogen (secondary N) is 1.